The Labute approximate surface area is 211 Å². The molecule has 188 valence electrons. The Kier molecular flexibility index (Phi) is 6.21. The van der Waals surface area contributed by atoms with Gasteiger partial charge in [-0.05, 0) is 42.8 Å². The summed E-state index contributed by atoms with van der Waals surface area (Å²) in [6.07, 6.45) is -1.94. The lowest BCUT2D eigenvalue weighted by Gasteiger charge is -2.37. The molecule has 1 unspecified atom stereocenters. The van der Waals surface area contributed by atoms with Crippen molar-refractivity contribution in [1.29, 1.82) is 0 Å². The van der Waals surface area contributed by atoms with Gasteiger partial charge in [0.2, 0.25) is 5.60 Å². The number of ether oxygens (including phenoxy) is 2. The van der Waals surface area contributed by atoms with E-state index in [4.69, 9.17) is 9.47 Å². The lowest BCUT2D eigenvalue weighted by Crippen LogP contribution is -2.46. The molecule has 2 heterocycles. The molecule has 0 radical (unpaired) electrons. The van der Waals surface area contributed by atoms with E-state index in [1.807, 2.05) is 30.3 Å². The molecule has 5 nitrogen and oxygen atoms in total. The molecule has 0 aliphatic carbocycles. The molecule has 5 aromatic rings. The molecule has 0 bridgehead atoms. The van der Waals surface area contributed by atoms with Crippen LogP contribution in [-0.2, 0) is 15.1 Å². The summed E-state index contributed by atoms with van der Waals surface area (Å²) in [4.78, 5) is 4.38. The normalized spacial score (nSPS) is 13.5. The highest BCUT2D eigenvalue weighted by atomic mass is 19.4. The topological polar surface area (TPSA) is 49.2 Å². The largest absolute Gasteiger partial charge is 0.494 e. The number of rotatable bonds is 7. The van der Waals surface area contributed by atoms with Gasteiger partial charge in [-0.15, -0.1) is 0 Å². The Bertz CT molecular complexity index is 1600. The fourth-order valence-corrected chi connectivity index (χ4v) is 4.80. The third-order valence-electron chi connectivity index (χ3n) is 6.43. The van der Waals surface area contributed by atoms with E-state index in [0.717, 1.165) is 12.8 Å². The maximum absolute atomic E-state index is 15.3. The molecule has 0 amide bonds. The molecule has 0 spiro atoms. The van der Waals surface area contributed by atoms with E-state index in [1.165, 1.54) is 18.3 Å². The van der Waals surface area contributed by atoms with E-state index in [1.54, 1.807) is 48.1 Å². The van der Waals surface area contributed by atoms with Crippen molar-refractivity contribution in [3.63, 3.8) is 0 Å². The van der Waals surface area contributed by atoms with Gasteiger partial charge in [0.25, 0.3) is 0 Å². The van der Waals surface area contributed by atoms with E-state index in [9.17, 15) is 0 Å². The molecule has 8 heteroatoms. The molecule has 0 saturated heterocycles. The standard InChI is InChI=1S/C29H24F3N3O2/c1-4-37-19(2)24-18-33-25-13-9-8-12-23(25)27(24)28(36-3,29(30,31)32)21-14-15-26-20(16-21)17-34-35(26)22-10-6-5-7-11-22/h5-18H,2,4H2,1,3H3. The molecule has 0 aliphatic rings. The Balaban J connectivity index is 1.82. The predicted octanol–water partition coefficient (Wildman–Crippen LogP) is 7.03. The summed E-state index contributed by atoms with van der Waals surface area (Å²) in [6, 6.07) is 20.6. The van der Waals surface area contributed by atoms with E-state index in [-0.39, 0.29) is 29.1 Å². The van der Waals surface area contributed by atoms with Crippen LogP contribution in [0.5, 0.6) is 0 Å². The molecule has 0 saturated carbocycles. The molecular weight excluding hydrogens is 479 g/mol. The van der Waals surface area contributed by atoms with Gasteiger partial charge < -0.3 is 9.47 Å². The van der Waals surface area contributed by atoms with Gasteiger partial charge in [-0.3, -0.25) is 4.98 Å². The number of methoxy groups -OCH3 is 1. The Morgan fingerprint density at radius 3 is 2.41 bits per heavy atom. The first kappa shape index (κ1) is 24.5. The number of fused-ring (bicyclic) bond motifs is 2. The van der Waals surface area contributed by atoms with E-state index >= 15 is 13.2 Å². The maximum Gasteiger partial charge on any atom is 0.426 e. The molecule has 1 atom stereocenters. The minimum atomic E-state index is -4.85. The van der Waals surface area contributed by atoms with E-state index < -0.39 is 11.8 Å². The summed E-state index contributed by atoms with van der Waals surface area (Å²) in [5, 5.41) is 5.25. The number of alkyl halides is 3. The number of aromatic nitrogens is 3. The molecule has 37 heavy (non-hydrogen) atoms. The number of benzene rings is 3. The van der Waals surface area contributed by atoms with Crippen LogP contribution in [0, 0.1) is 0 Å². The predicted molar refractivity (Wildman–Crippen MR) is 137 cm³/mol. The second-order valence-electron chi connectivity index (χ2n) is 8.47. The quantitative estimate of drug-likeness (QED) is 0.224. The Morgan fingerprint density at radius 1 is 0.973 bits per heavy atom. The number of halogens is 3. The summed E-state index contributed by atoms with van der Waals surface area (Å²) in [7, 11) is 1.06. The van der Waals surface area contributed by atoms with Gasteiger partial charge in [0.05, 0.1) is 29.5 Å². The fraction of sp³-hybridized carbons (Fsp3) is 0.172. The van der Waals surface area contributed by atoms with Gasteiger partial charge in [0.1, 0.15) is 5.76 Å². The van der Waals surface area contributed by atoms with Crippen molar-refractivity contribution in [3.05, 3.63) is 108 Å². The molecule has 2 aromatic heterocycles. The SMILES string of the molecule is C=C(OCC)c1cnc2ccccc2c1C(OC)(c1ccc2c(cnn2-c2ccccc2)c1)C(F)(F)F. The van der Waals surface area contributed by atoms with Gasteiger partial charge >= 0.3 is 6.18 Å². The van der Waals surface area contributed by atoms with Gasteiger partial charge in [0.15, 0.2) is 0 Å². The average molecular weight is 504 g/mol. The average Bonchev–Trinajstić information content (AvgIpc) is 3.33. The smallest absolute Gasteiger partial charge is 0.426 e. The number of hydrogen-bond donors (Lipinski definition) is 0. The second kappa shape index (κ2) is 9.37. The highest BCUT2D eigenvalue weighted by molar-refractivity contribution is 5.89. The van der Waals surface area contributed by atoms with Crippen molar-refractivity contribution in [2.75, 3.05) is 13.7 Å². The van der Waals surface area contributed by atoms with Gasteiger partial charge in [-0.1, -0.05) is 49.0 Å². The Morgan fingerprint density at radius 2 is 1.70 bits per heavy atom. The second-order valence-corrected chi connectivity index (χ2v) is 8.47. The van der Waals surface area contributed by atoms with Crippen LogP contribution in [0.4, 0.5) is 13.2 Å². The molecule has 0 aliphatic heterocycles. The van der Waals surface area contributed by atoms with E-state index in [2.05, 4.69) is 16.7 Å². The monoisotopic (exact) mass is 503 g/mol. The summed E-state index contributed by atoms with van der Waals surface area (Å²) in [6.45, 7) is 5.87. The summed E-state index contributed by atoms with van der Waals surface area (Å²) in [5.74, 6) is 0.0828. The first-order valence-corrected chi connectivity index (χ1v) is 11.7. The zero-order chi connectivity index (χ0) is 26.2. The molecule has 5 rings (SSSR count). The highest BCUT2D eigenvalue weighted by Crippen LogP contribution is 2.51. The van der Waals surface area contributed by atoms with Crippen LogP contribution in [0.15, 0.2) is 91.8 Å². The third-order valence-corrected chi connectivity index (χ3v) is 6.43. The zero-order valence-corrected chi connectivity index (χ0v) is 20.3. The van der Waals surface area contributed by atoms with Crippen LogP contribution in [0.2, 0.25) is 0 Å². The van der Waals surface area contributed by atoms with Crippen LogP contribution < -0.4 is 0 Å². The van der Waals surface area contributed by atoms with Crippen LogP contribution in [0.25, 0.3) is 33.3 Å². The molecule has 0 fully saturated rings. The Hall–Kier alpha value is -4.17. The maximum atomic E-state index is 15.3. The molecule has 3 aromatic carbocycles. The van der Waals surface area contributed by atoms with Crippen LogP contribution in [-0.4, -0.2) is 34.7 Å². The highest BCUT2D eigenvalue weighted by Gasteiger charge is 2.60. The van der Waals surface area contributed by atoms with Gasteiger partial charge in [-0.25, -0.2) is 4.68 Å². The number of hydrogen-bond acceptors (Lipinski definition) is 4. The number of nitrogens with zero attached hydrogens (tertiary/aromatic N) is 3. The van der Waals surface area contributed by atoms with Crippen molar-refractivity contribution in [1.82, 2.24) is 14.8 Å². The zero-order valence-electron chi connectivity index (χ0n) is 20.3. The van der Waals surface area contributed by atoms with Crippen molar-refractivity contribution >= 4 is 27.6 Å². The van der Waals surface area contributed by atoms with Crippen LogP contribution in [0.3, 0.4) is 0 Å². The first-order chi connectivity index (χ1) is 17.8. The number of pyridine rings is 1. The van der Waals surface area contributed by atoms with E-state index in [0.29, 0.717) is 21.8 Å². The summed E-state index contributed by atoms with van der Waals surface area (Å²) < 4.78 is 58.8. The van der Waals surface area contributed by atoms with Crippen LogP contribution >= 0.6 is 0 Å². The fourth-order valence-electron chi connectivity index (χ4n) is 4.80. The summed E-state index contributed by atoms with van der Waals surface area (Å²) in [5.41, 5.74) is -1.07. The van der Waals surface area contributed by atoms with Crippen molar-refractivity contribution in [3.8, 4) is 5.69 Å². The lowest BCUT2D eigenvalue weighted by atomic mass is 9.80. The minimum Gasteiger partial charge on any atom is -0.494 e. The van der Waals surface area contributed by atoms with Crippen molar-refractivity contribution < 1.29 is 22.6 Å². The molecular formula is C29H24F3N3O2. The summed E-state index contributed by atoms with van der Waals surface area (Å²) >= 11 is 0. The lowest BCUT2D eigenvalue weighted by molar-refractivity contribution is -0.258. The minimum absolute atomic E-state index is 0.0828. The van der Waals surface area contributed by atoms with Crippen molar-refractivity contribution in [2.24, 2.45) is 0 Å². The molecule has 0 N–H and O–H groups in total. The number of para-hydroxylation sites is 2. The first-order valence-electron chi connectivity index (χ1n) is 11.7. The van der Waals surface area contributed by atoms with Gasteiger partial charge in [0, 0.05) is 35.2 Å². The van der Waals surface area contributed by atoms with Crippen LogP contribution in [0.1, 0.15) is 23.6 Å². The third kappa shape index (κ3) is 3.94. The van der Waals surface area contributed by atoms with Crippen molar-refractivity contribution in [2.45, 2.75) is 18.7 Å². The van der Waals surface area contributed by atoms with Gasteiger partial charge in [-0.2, -0.15) is 18.3 Å².